The first kappa shape index (κ1) is 20.6. The lowest BCUT2D eigenvalue weighted by molar-refractivity contribution is 0.101. The molecule has 0 saturated heterocycles. The van der Waals surface area contributed by atoms with Crippen LogP contribution in [0.4, 0.5) is 5.69 Å². The lowest BCUT2D eigenvalue weighted by atomic mass is 10.0. The Kier molecular flexibility index (Phi) is 5.24. The molecule has 0 atom stereocenters. The van der Waals surface area contributed by atoms with Crippen molar-refractivity contribution in [2.45, 2.75) is 18.7 Å². The minimum atomic E-state index is -3.97. The highest BCUT2D eigenvalue weighted by atomic mass is 32.2. The Morgan fingerprint density at radius 2 is 1.87 bits per heavy atom. The summed E-state index contributed by atoms with van der Waals surface area (Å²) in [6.07, 6.45) is 3.35. The first-order chi connectivity index (χ1) is 14.8. The molecule has 0 amide bonds. The van der Waals surface area contributed by atoms with Crippen LogP contribution in [0.2, 0.25) is 0 Å². The van der Waals surface area contributed by atoms with Gasteiger partial charge in [-0.2, -0.15) is 0 Å². The molecule has 4 aromatic rings. The number of H-pyrrole nitrogens is 1. The van der Waals surface area contributed by atoms with E-state index < -0.39 is 10.0 Å². The number of ketones is 1. The topological polar surface area (TPSA) is 101 Å². The summed E-state index contributed by atoms with van der Waals surface area (Å²) < 4.78 is 34.3. The molecule has 0 saturated carbocycles. The normalized spacial score (nSPS) is 11.5. The minimum absolute atomic E-state index is 0.0208. The fraction of sp³-hybridized carbons (Fsp3) is 0.130. The van der Waals surface area contributed by atoms with Crippen LogP contribution in [-0.4, -0.2) is 31.3 Å². The van der Waals surface area contributed by atoms with Crippen LogP contribution in [0.1, 0.15) is 23.0 Å². The quantitative estimate of drug-likeness (QED) is 0.433. The number of pyridine rings is 1. The van der Waals surface area contributed by atoms with Gasteiger partial charge in [0.05, 0.1) is 18.3 Å². The number of aryl methyl sites for hydroxylation is 1. The fourth-order valence-electron chi connectivity index (χ4n) is 3.70. The number of fused-ring (bicyclic) bond motifs is 1. The van der Waals surface area contributed by atoms with Crippen LogP contribution in [0, 0.1) is 6.92 Å². The molecule has 0 fully saturated rings. The van der Waals surface area contributed by atoms with Crippen LogP contribution in [0.15, 0.2) is 65.8 Å². The highest BCUT2D eigenvalue weighted by Gasteiger charge is 2.23. The molecule has 158 valence electrons. The number of sulfonamides is 1. The smallest absolute Gasteiger partial charge is 0.265 e. The maximum absolute atomic E-state index is 13.2. The number of carbonyl (C=O) groups is 1. The number of hydrogen-bond donors (Lipinski definition) is 2. The van der Waals surface area contributed by atoms with E-state index in [0.717, 1.165) is 11.1 Å². The van der Waals surface area contributed by atoms with Crippen molar-refractivity contribution in [3.05, 3.63) is 72.2 Å². The monoisotopic (exact) mass is 435 g/mol. The van der Waals surface area contributed by atoms with Gasteiger partial charge in [-0.25, -0.2) is 8.42 Å². The number of methoxy groups -OCH3 is 1. The molecule has 7 nitrogen and oxygen atoms in total. The summed E-state index contributed by atoms with van der Waals surface area (Å²) in [5.74, 6) is 0.132. The summed E-state index contributed by atoms with van der Waals surface area (Å²) in [4.78, 5) is 19.6. The third-order valence-electron chi connectivity index (χ3n) is 5.05. The second kappa shape index (κ2) is 7.88. The van der Waals surface area contributed by atoms with E-state index in [2.05, 4.69) is 14.7 Å². The van der Waals surface area contributed by atoms with E-state index in [-0.39, 0.29) is 16.4 Å². The summed E-state index contributed by atoms with van der Waals surface area (Å²) in [5, 5.41) is 0.643. The van der Waals surface area contributed by atoms with Crippen LogP contribution in [0.25, 0.3) is 22.0 Å². The van der Waals surface area contributed by atoms with E-state index in [9.17, 15) is 13.2 Å². The highest BCUT2D eigenvalue weighted by Crippen LogP contribution is 2.36. The van der Waals surface area contributed by atoms with E-state index in [1.165, 1.54) is 20.1 Å². The number of Topliss-reactive ketones (excluding diaryl/α,β-unsaturated/α-hetero) is 1. The van der Waals surface area contributed by atoms with E-state index in [4.69, 9.17) is 4.74 Å². The number of aromatic amines is 1. The first-order valence-corrected chi connectivity index (χ1v) is 11.0. The number of anilines is 1. The Morgan fingerprint density at radius 3 is 2.55 bits per heavy atom. The predicted molar refractivity (Wildman–Crippen MR) is 120 cm³/mol. The third kappa shape index (κ3) is 3.77. The molecule has 0 aliphatic heterocycles. The molecule has 2 aromatic carbocycles. The van der Waals surface area contributed by atoms with Crippen LogP contribution in [0.5, 0.6) is 5.75 Å². The molecule has 0 aliphatic carbocycles. The fourth-order valence-corrected chi connectivity index (χ4v) is 4.94. The molecule has 0 bridgehead atoms. The van der Waals surface area contributed by atoms with Gasteiger partial charge in [0.15, 0.2) is 5.78 Å². The summed E-state index contributed by atoms with van der Waals surface area (Å²) in [7, 11) is -2.55. The van der Waals surface area contributed by atoms with Crippen molar-refractivity contribution >= 4 is 32.4 Å². The Hall–Kier alpha value is -3.65. The number of para-hydroxylation sites is 1. The molecule has 0 spiro atoms. The Bertz CT molecular complexity index is 1390. The van der Waals surface area contributed by atoms with Gasteiger partial charge in [0.2, 0.25) is 0 Å². The highest BCUT2D eigenvalue weighted by molar-refractivity contribution is 7.92. The van der Waals surface area contributed by atoms with Gasteiger partial charge in [-0.15, -0.1) is 0 Å². The van der Waals surface area contributed by atoms with E-state index in [1.54, 1.807) is 49.6 Å². The summed E-state index contributed by atoms with van der Waals surface area (Å²) >= 11 is 0. The maximum atomic E-state index is 13.2. The van der Waals surface area contributed by atoms with Gasteiger partial charge in [0.1, 0.15) is 10.6 Å². The van der Waals surface area contributed by atoms with Crippen LogP contribution in [-0.2, 0) is 10.0 Å². The van der Waals surface area contributed by atoms with Crippen LogP contribution in [0.3, 0.4) is 0 Å². The minimum Gasteiger partial charge on any atom is -0.495 e. The number of ether oxygens (including phenoxy) is 1. The van der Waals surface area contributed by atoms with Gasteiger partial charge in [0.25, 0.3) is 10.0 Å². The van der Waals surface area contributed by atoms with E-state index >= 15 is 0 Å². The standard InChI is InChI=1S/C23H21N3O4S/c1-14-22(15(2)27)18-11-17(16-7-6-10-24-13-16)12-19(23(18)25-14)26-31(28,29)21-9-5-4-8-20(21)30-3/h4-13,25-26H,1-3H3. The van der Waals surface area contributed by atoms with Gasteiger partial charge >= 0.3 is 0 Å². The zero-order valence-corrected chi connectivity index (χ0v) is 18.1. The zero-order chi connectivity index (χ0) is 22.2. The van der Waals surface area contributed by atoms with Gasteiger partial charge < -0.3 is 9.72 Å². The zero-order valence-electron chi connectivity index (χ0n) is 17.3. The Labute approximate surface area is 180 Å². The van der Waals surface area contributed by atoms with E-state index in [1.807, 2.05) is 12.1 Å². The Morgan fingerprint density at radius 1 is 1.10 bits per heavy atom. The third-order valence-corrected chi connectivity index (χ3v) is 6.45. The predicted octanol–water partition coefficient (Wildman–Crippen LogP) is 4.55. The lowest BCUT2D eigenvalue weighted by Crippen LogP contribution is -2.14. The van der Waals surface area contributed by atoms with Gasteiger partial charge in [-0.1, -0.05) is 18.2 Å². The average molecular weight is 436 g/mol. The van der Waals surface area contributed by atoms with Crippen molar-refractivity contribution < 1.29 is 17.9 Å². The van der Waals surface area contributed by atoms with Crippen LogP contribution < -0.4 is 9.46 Å². The number of hydrogen-bond acceptors (Lipinski definition) is 5. The molecule has 2 N–H and O–H groups in total. The van der Waals surface area contributed by atoms with Gasteiger partial charge in [-0.05, 0) is 49.7 Å². The summed E-state index contributed by atoms with van der Waals surface area (Å²) in [6, 6.07) is 13.7. The SMILES string of the molecule is COc1ccccc1S(=O)(=O)Nc1cc(-c2cccnc2)cc2c(C(C)=O)c(C)[nH]c12. The van der Waals surface area contributed by atoms with Crippen molar-refractivity contribution in [1.82, 2.24) is 9.97 Å². The summed E-state index contributed by atoms with van der Waals surface area (Å²) in [5.41, 5.74) is 3.60. The largest absolute Gasteiger partial charge is 0.495 e. The van der Waals surface area contributed by atoms with Gasteiger partial charge in [-0.3, -0.25) is 14.5 Å². The number of aromatic nitrogens is 2. The number of carbonyl (C=O) groups excluding carboxylic acids is 1. The maximum Gasteiger partial charge on any atom is 0.265 e. The summed E-state index contributed by atoms with van der Waals surface area (Å²) in [6.45, 7) is 3.28. The van der Waals surface area contributed by atoms with Crippen LogP contribution >= 0.6 is 0 Å². The van der Waals surface area contributed by atoms with Gasteiger partial charge in [0, 0.05) is 34.6 Å². The number of benzene rings is 2. The molecule has 0 radical (unpaired) electrons. The Balaban J connectivity index is 1.94. The molecule has 0 unspecified atom stereocenters. The second-order valence-electron chi connectivity index (χ2n) is 7.13. The first-order valence-electron chi connectivity index (χ1n) is 9.55. The average Bonchev–Trinajstić information content (AvgIpc) is 3.10. The number of rotatable bonds is 6. The molecule has 4 rings (SSSR count). The van der Waals surface area contributed by atoms with Crippen molar-refractivity contribution in [3.8, 4) is 16.9 Å². The molecular formula is C23H21N3O4S. The molecular weight excluding hydrogens is 414 g/mol. The second-order valence-corrected chi connectivity index (χ2v) is 8.78. The molecule has 2 aromatic heterocycles. The van der Waals surface area contributed by atoms with Crippen molar-refractivity contribution in [3.63, 3.8) is 0 Å². The molecule has 31 heavy (non-hydrogen) atoms. The van der Waals surface area contributed by atoms with Crippen molar-refractivity contribution in [1.29, 1.82) is 0 Å². The number of nitrogens with zero attached hydrogens (tertiary/aromatic N) is 1. The van der Waals surface area contributed by atoms with E-state index in [0.29, 0.717) is 27.8 Å². The lowest BCUT2D eigenvalue weighted by Gasteiger charge is -2.13. The van der Waals surface area contributed by atoms with Crippen molar-refractivity contribution in [2.75, 3.05) is 11.8 Å². The molecule has 8 heteroatoms. The number of nitrogens with one attached hydrogen (secondary N) is 2. The molecule has 0 aliphatic rings. The van der Waals surface area contributed by atoms with Crippen molar-refractivity contribution in [2.24, 2.45) is 0 Å². The molecule has 2 heterocycles.